The van der Waals surface area contributed by atoms with E-state index in [2.05, 4.69) is 4.98 Å². The van der Waals surface area contributed by atoms with Crippen molar-refractivity contribution in [2.75, 3.05) is 6.26 Å². The number of halogens is 1. The second kappa shape index (κ2) is 4.60. The third-order valence-corrected chi connectivity index (χ3v) is 3.10. The van der Waals surface area contributed by atoms with Crippen LogP contribution in [-0.4, -0.2) is 19.7 Å². The second-order valence-electron chi connectivity index (χ2n) is 3.57. The van der Waals surface area contributed by atoms with E-state index in [0.29, 0.717) is 16.1 Å². The number of hydrogen-bond donors (Lipinski definition) is 0. The fourth-order valence-corrected chi connectivity index (χ4v) is 2.04. The molecule has 2 aromatic rings. The van der Waals surface area contributed by atoms with Gasteiger partial charge in [-0.3, -0.25) is 9.17 Å². The summed E-state index contributed by atoms with van der Waals surface area (Å²) in [6.07, 6.45) is 2.64. The monoisotopic (exact) mass is 271 g/mol. The van der Waals surface area contributed by atoms with Gasteiger partial charge in [0.2, 0.25) is 0 Å². The number of rotatable bonds is 3. The van der Waals surface area contributed by atoms with Gasteiger partial charge in [0.15, 0.2) is 0 Å². The Kier molecular flexibility index (Phi) is 3.33. The minimum Gasteiger partial charge on any atom is -0.265 e. The van der Waals surface area contributed by atoms with Gasteiger partial charge in [0, 0.05) is 22.2 Å². The summed E-state index contributed by atoms with van der Waals surface area (Å²) < 4.78 is 26.6. The van der Waals surface area contributed by atoms with Crippen LogP contribution in [0.5, 0.6) is 0 Å². The Balaban J connectivity index is 2.45. The molecule has 4 nitrogen and oxygen atoms in total. The molecule has 0 bridgehead atoms. The Morgan fingerprint density at radius 2 is 2.12 bits per heavy atom. The first-order valence-electron chi connectivity index (χ1n) is 4.84. The third-order valence-electron chi connectivity index (χ3n) is 2.23. The van der Waals surface area contributed by atoms with Crippen molar-refractivity contribution in [3.05, 3.63) is 41.0 Å². The molecule has 0 aliphatic carbocycles. The fraction of sp³-hybridized carbons (Fsp3) is 0.182. The standard InChI is InChI=1S/C11H10ClNO3S/c1-17(14,15)16-7-8-4-5-10(12)9-3-2-6-13-11(8)9/h2-6H,7H2,1H3. The molecule has 0 atom stereocenters. The van der Waals surface area contributed by atoms with Crippen LogP contribution in [0.15, 0.2) is 30.5 Å². The number of aromatic nitrogens is 1. The van der Waals surface area contributed by atoms with Crippen molar-refractivity contribution in [3.63, 3.8) is 0 Å². The number of benzene rings is 1. The first-order valence-corrected chi connectivity index (χ1v) is 7.03. The minimum absolute atomic E-state index is 0.0382. The summed E-state index contributed by atoms with van der Waals surface area (Å²) in [5, 5.41) is 1.36. The fourth-order valence-electron chi connectivity index (χ4n) is 1.48. The van der Waals surface area contributed by atoms with Crippen molar-refractivity contribution in [2.45, 2.75) is 6.61 Å². The predicted molar refractivity (Wildman–Crippen MR) is 66.4 cm³/mol. The predicted octanol–water partition coefficient (Wildman–Crippen LogP) is 2.36. The Morgan fingerprint density at radius 1 is 1.35 bits per heavy atom. The molecule has 6 heteroatoms. The summed E-state index contributed by atoms with van der Waals surface area (Å²) in [7, 11) is -3.46. The van der Waals surface area contributed by atoms with Crippen LogP contribution in [0.1, 0.15) is 5.56 Å². The topological polar surface area (TPSA) is 56.3 Å². The Labute approximate surface area is 104 Å². The normalized spacial score (nSPS) is 11.9. The van der Waals surface area contributed by atoms with Gasteiger partial charge in [-0.15, -0.1) is 0 Å². The molecule has 0 aliphatic rings. The lowest BCUT2D eigenvalue weighted by Crippen LogP contribution is -2.03. The highest BCUT2D eigenvalue weighted by Crippen LogP contribution is 2.25. The van der Waals surface area contributed by atoms with Crippen molar-refractivity contribution < 1.29 is 12.6 Å². The van der Waals surface area contributed by atoms with Crippen LogP contribution in [0.3, 0.4) is 0 Å². The number of pyridine rings is 1. The van der Waals surface area contributed by atoms with Crippen LogP contribution < -0.4 is 0 Å². The van der Waals surface area contributed by atoms with Gasteiger partial charge >= 0.3 is 0 Å². The van der Waals surface area contributed by atoms with Gasteiger partial charge in [0.05, 0.1) is 18.4 Å². The van der Waals surface area contributed by atoms with Crippen molar-refractivity contribution >= 4 is 32.6 Å². The van der Waals surface area contributed by atoms with E-state index in [-0.39, 0.29) is 6.61 Å². The molecule has 0 aliphatic heterocycles. The van der Waals surface area contributed by atoms with Crippen molar-refractivity contribution in [1.82, 2.24) is 4.98 Å². The summed E-state index contributed by atoms with van der Waals surface area (Å²) in [6, 6.07) is 7.01. The molecule has 1 aromatic carbocycles. The first-order chi connectivity index (χ1) is 7.97. The van der Waals surface area contributed by atoms with E-state index < -0.39 is 10.1 Å². The molecule has 90 valence electrons. The molecular weight excluding hydrogens is 262 g/mol. The van der Waals surface area contributed by atoms with Gasteiger partial charge in [0.25, 0.3) is 10.1 Å². The molecule has 0 amide bonds. The lowest BCUT2D eigenvalue weighted by atomic mass is 10.1. The van der Waals surface area contributed by atoms with E-state index in [1.165, 1.54) is 0 Å². The molecule has 2 rings (SSSR count). The molecule has 0 spiro atoms. The van der Waals surface area contributed by atoms with E-state index in [0.717, 1.165) is 11.6 Å². The van der Waals surface area contributed by atoms with E-state index in [9.17, 15) is 8.42 Å². The summed E-state index contributed by atoms with van der Waals surface area (Å²) in [4.78, 5) is 4.18. The summed E-state index contributed by atoms with van der Waals surface area (Å²) in [6.45, 7) is -0.0382. The Bertz CT molecular complexity index is 655. The zero-order valence-electron chi connectivity index (χ0n) is 9.05. The van der Waals surface area contributed by atoms with E-state index in [1.54, 1.807) is 24.4 Å². The van der Waals surface area contributed by atoms with Crippen LogP contribution in [-0.2, 0) is 20.9 Å². The van der Waals surface area contributed by atoms with Gasteiger partial charge in [0.1, 0.15) is 0 Å². The van der Waals surface area contributed by atoms with Crippen LogP contribution in [0.25, 0.3) is 10.9 Å². The maximum Gasteiger partial charge on any atom is 0.264 e. The van der Waals surface area contributed by atoms with E-state index >= 15 is 0 Å². The average molecular weight is 272 g/mol. The largest absolute Gasteiger partial charge is 0.265 e. The Morgan fingerprint density at radius 3 is 2.82 bits per heavy atom. The van der Waals surface area contributed by atoms with Gasteiger partial charge in [-0.05, 0) is 18.2 Å². The molecule has 0 saturated heterocycles. The van der Waals surface area contributed by atoms with Crippen LogP contribution in [0.2, 0.25) is 5.02 Å². The molecule has 0 fully saturated rings. The first kappa shape index (κ1) is 12.3. The van der Waals surface area contributed by atoms with Gasteiger partial charge in [-0.1, -0.05) is 17.7 Å². The third kappa shape index (κ3) is 2.94. The van der Waals surface area contributed by atoms with E-state index in [4.69, 9.17) is 15.8 Å². The molecule has 0 unspecified atom stereocenters. The van der Waals surface area contributed by atoms with Crippen LogP contribution in [0, 0.1) is 0 Å². The SMILES string of the molecule is CS(=O)(=O)OCc1ccc(Cl)c2cccnc12. The average Bonchev–Trinajstić information content (AvgIpc) is 2.27. The highest BCUT2D eigenvalue weighted by Gasteiger charge is 2.08. The molecule has 1 aromatic heterocycles. The molecule has 17 heavy (non-hydrogen) atoms. The maximum atomic E-state index is 10.9. The number of nitrogens with zero attached hydrogens (tertiary/aromatic N) is 1. The molecule has 0 saturated carbocycles. The van der Waals surface area contributed by atoms with Gasteiger partial charge in [-0.2, -0.15) is 8.42 Å². The van der Waals surface area contributed by atoms with Crippen molar-refractivity contribution in [1.29, 1.82) is 0 Å². The lowest BCUT2D eigenvalue weighted by Gasteiger charge is -2.06. The maximum absolute atomic E-state index is 10.9. The summed E-state index contributed by atoms with van der Waals surface area (Å²) in [5.74, 6) is 0. The van der Waals surface area contributed by atoms with E-state index in [1.807, 2.05) is 6.07 Å². The quantitative estimate of drug-likeness (QED) is 0.804. The lowest BCUT2D eigenvalue weighted by molar-refractivity contribution is 0.313. The zero-order valence-corrected chi connectivity index (χ0v) is 10.6. The van der Waals surface area contributed by atoms with Gasteiger partial charge < -0.3 is 0 Å². The number of hydrogen-bond acceptors (Lipinski definition) is 4. The van der Waals surface area contributed by atoms with Crippen LogP contribution in [0.4, 0.5) is 0 Å². The molecule has 1 heterocycles. The molecule has 0 radical (unpaired) electrons. The minimum atomic E-state index is -3.46. The summed E-state index contributed by atoms with van der Waals surface area (Å²) >= 11 is 6.02. The number of fused-ring (bicyclic) bond motifs is 1. The zero-order chi connectivity index (χ0) is 12.5. The smallest absolute Gasteiger partial charge is 0.264 e. The van der Waals surface area contributed by atoms with Crippen molar-refractivity contribution in [3.8, 4) is 0 Å². The summed E-state index contributed by atoms with van der Waals surface area (Å²) in [5.41, 5.74) is 1.35. The van der Waals surface area contributed by atoms with Crippen molar-refractivity contribution in [2.24, 2.45) is 0 Å². The highest BCUT2D eigenvalue weighted by molar-refractivity contribution is 7.85. The van der Waals surface area contributed by atoms with Gasteiger partial charge in [-0.25, -0.2) is 0 Å². The second-order valence-corrected chi connectivity index (χ2v) is 5.62. The molecule has 0 N–H and O–H groups in total. The molecular formula is C11H10ClNO3S. The van der Waals surface area contributed by atoms with Crippen LogP contribution >= 0.6 is 11.6 Å². The Hall–Kier alpha value is -1.17. The highest BCUT2D eigenvalue weighted by atomic mass is 35.5.